The van der Waals surface area contributed by atoms with Crippen molar-refractivity contribution in [3.8, 4) is 6.07 Å². The zero-order valence-corrected chi connectivity index (χ0v) is 8.75. The Labute approximate surface area is 85.4 Å². The third-order valence-corrected chi connectivity index (χ3v) is 2.79. The molecule has 0 amide bonds. The molecule has 0 saturated heterocycles. The van der Waals surface area contributed by atoms with E-state index in [0.717, 1.165) is 12.5 Å². The first kappa shape index (κ1) is 9.95. The minimum Gasteiger partial charge on any atom is -0.378 e. The van der Waals surface area contributed by atoms with Crippen LogP contribution in [0, 0.1) is 17.2 Å². The van der Waals surface area contributed by atoms with Gasteiger partial charge in [0.2, 0.25) is 0 Å². The Kier molecular flexibility index (Phi) is 2.76. The lowest BCUT2D eigenvalue weighted by molar-refractivity contribution is 0.0869. The van der Waals surface area contributed by atoms with Gasteiger partial charge in [0.1, 0.15) is 5.54 Å². The second kappa shape index (κ2) is 3.88. The van der Waals surface area contributed by atoms with Crippen molar-refractivity contribution in [2.24, 2.45) is 5.92 Å². The molecule has 1 N–H and O–H groups in total. The molecule has 3 nitrogen and oxygen atoms in total. The lowest BCUT2D eigenvalue weighted by Gasteiger charge is -2.22. The topological polar surface area (TPSA) is 45.0 Å². The van der Waals surface area contributed by atoms with Crippen LogP contribution in [-0.2, 0) is 4.74 Å². The minimum absolute atomic E-state index is 0.476. The highest BCUT2D eigenvalue weighted by Gasteiger charge is 2.33. The summed E-state index contributed by atoms with van der Waals surface area (Å²) in [5.41, 5.74) is -0.476. The summed E-state index contributed by atoms with van der Waals surface area (Å²) in [5, 5.41) is 12.4. The smallest absolute Gasteiger partial charge is 0.127 e. The molecule has 2 rings (SSSR count). The van der Waals surface area contributed by atoms with Crippen molar-refractivity contribution in [1.29, 1.82) is 5.26 Å². The van der Waals surface area contributed by atoms with Gasteiger partial charge in [0.15, 0.2) is 0 Å². The predicted molar refractivity (Wildman–Crippen MR) is 53.7 cm³/mol. The summed E-state index contributed by atoms with van der Waals surface area (Å²) >= 11 is 0. The lowest BCUT2D eigenvalue weighted by atomic mass is 10.1. The summed E-state index contributed by atoms with van der Waals surface area (Å²) in [5.74, 6) is 0.777. The number of hydrogen-bond acceptors (Lipinski definition) is 3. The fraction of sp³-hybridized carbons (Fsp3) is 0.909. The maximum Gasteiger partial charge on any atom is 0.127 e. The molecule has 1 atom stereocenters. The largest absolute Gasteiger partial charge is 0.378 e. The number of nitriles is 1. The molecule has 14 heavy (non-hydrogen) atoms. The van der Waals surface area contributed by atoms with E-state index in [1.165, 1.54) is 25.7 Å². The van der Waals surface area contributed by atoms with Gasteiger partial charge in [-0.3, -0.25) is 5.32 Å². The van der Waals surface area contributed by atoms with Gasteiger partial charge in [-0.1, -0.05) is 0 Å². The molecule has 2 saturated carbocycles. The summed E-state index contributed by atoms with van der Waals surface area (Å²) in [4.78, 5) is 0. The van der Waals surface area contributed by atoms with Gasteiger partial charge in [0.25, 0.3) is 0 Å². The minimum atomic E-state index is -0.476. The fourth-order valence-corrected chi connectivity index (χ4v) is 1.50. The van der Waals surface area contributed by atoms with Crippen molar-refractivity contribution in [3.05, 3.63) is 0 Å². The monoisotopic (exact) mass is 194 g/mol. The number of rotatable bonds is 6. The Bertz CT molecular complexity index is 240. The Hall–Kier alpha value is -0.590. The fourth-order valence-electron chi connectivity index (χ4n) is 1.50. The molecule has 0 aromatic carbocycles. The first-order chi connectivity index (χ1) is 6.72. The molecule has 2 fully saturated rings. The van der Waals surface area contributed by atoms with Gasteiger partial charge in [-0.25, -0.2) is 0 Å². The van der Waals surface area contributed by atoms with Crippen molar-refractivity contribution in [3.63, 3.8) is 0 Å². The Morgan fingerprint density at radius 2 is 2.14 bits per heavy atom. The maximum atomic E-state index is 9.05. The molecule has 0 aromatic heterocycles. The highest BCUT2D eigenvalue weighted by molar-refractivity contribution is 5.07. The van der Waals surface area contributed by atoms with E-state index in [4.69, 9.17) is 10.00 Å². The molecule has 0 heterocycles. The van der Waals surface area contributed by atoms with E-state index in [2.05, 4.69) is 11.4 Å². The van der Waals surface area contributed by atoms with Crippen molar-refractivity contribution in [2.75, 3.05) is 13.2 Å². The van der Waals surface area contributed by atoms with Crippen LogP contribution in [0.4, 0.5) is 0 Å². The molecule has 0 bridgehead atoms. The van der Waals surface area contributed by atoms with E-state index in [0.29, 0.717) is 12.6 Å². The van der Waals surface area contributed by atoms with E-state index in [1.54, 1.807) is 0 Å². The van der Waals surface area contributed by atoms with Crippen LogP contribution < -0.4 is 5.32 Å². The van der Waals surface area contributed by atoms with Crippen LogP contribution in [0.3, 0.4) is 0 Å². The predicted octanol–water partition coefficient (Wildman–Crippen LogP) is 1.45. The zero-order valence-electron chi connectivity index (χ0n) is 8.75. The highest BCUT2D eigenvalue weighted by Crippen LogP contribution is 2.29. The van der Waals surface area contributed by atoms with Gasteiger partial charge in [-0.2, -0.15) is 5.26 Å². The SMILES string of the molecule is CC(C#N)(COCC1CC1)NC1CC1. The van der Waals surface area contributed by atoms with Crippen LogP contribution >= 0.6 is 0 Å². The molecule has 0 aromatic rings. The van der Waals surface area contributed by atoms with Gasteiger partial charge in [-0.15, -0.1) is 0 Å². The second-order valence-corrected chi connectivity index (χ2v) is 4.82. The first-order valence-electron chi connectivity index (χ1n) is 5.48. The summed E-state index contributed by atoms with van der Waals surface area (Å²) in [7, 11) is 0. The van der Waals surface area contributed by atoms with Crippen molar-refractivity contribution in [1.82, 2.24) is 5.32 Å². The van der Waals surface area contributed by atoms with Crippen molar-refractivity contribution < 1.29 is 4.74 Å². The quantitative estimate of drug-likeness (QED) is 0.696. The summed E-state index contributed by atoms with van der Waals surface area (Å²) in [6, 6.07) is 2.87. The third kappa shape index (κ3) is 2.97. The average Bonchev–Trinajstić information content (AvgIpc) is 2.98. The van der Waals surface area contributed by atoms with Gasteiger partial charge < -0.3 is 4.74 Å². The molecule has 0 spiro atoms. The maximum absolute atomic E-state index is 9.05. The third-order valence-electron chi connectivity index (χ3n) is 2.79. The molecular formula is C11H18N2O. The number of nitrogens with one attached hydrogen (secondary N) is 1. The van der Waals surface area contributed by atoms with Gasteiger partial charge in [0, 0.05) is 12.6 Å². The van der Waals surface area contributed by atoms with E-state index >= 15 is 0 Å². The number of hydrogen-bond donors (Lipinski definition) is 1. The molecule has 78 valence electrons. The zero-order chi connectivity index (χ0) is 10.0. The normalized spacial score (nSPS) is 25.4. The van der Waals surface area contributed by atoms with Gasteiger partial charge in [-0.05, 0) is 38.5 Å². The van der Waals surface area contributed by atoms with Crippen LogP contribution in [0.15, 0.2) is 0 Å². The highest BCUT2D eigenvalue weighted by atomic mass is 16.5. The molecule has 2 aliphatic carbocycles. The lowest BCUT2D eigenvalue weighted by Crippen LogP contribution is -2.46. The van der Waals surface area contributed by atoms with Crippen LogP contribution in [0.5, 0.6) is 0 Å². The van der Waals surface area contributed by atoms with Gasteiger partial charge >= 0.3 is 0 Å². The molecule has 2 aliphatic rings. The van der Waals surface area contributed by atoms with Crippen molar-refractivity contribution in [2.45, 2.75) is 44.2 Å². The van der Waals surface area contributed by atoms with Crippen LogP contribution in [0.1, 0.15) is 32.6 Å². The summed E-state index contributed by atoms with van der Waals surface area (Å²) in [6.45, 7) is 3.29. The first-order valence-corrected chi connectivity index (χ1v) is 5.48. The average molecular weight is 194 g/mol. The Morgan fingerprint density at radius 1 is 1.43 bits per heavy atom. The summed E-state index contributed by atoms with van der Waals surface area (Å²) < 4.78 is 5.56. The van der Waals surface area contributed by atoms with Crippen LogP contribution in [0.25, 0.3) is 0 Å². The number of nitrogens with zero attached hydrogens (tertiary/aromatic N) is 1. The van der Waals surface area contributed by atoms with Crippen LogP contribution in [-0.4, -0.2) is 24.8 Å². The molecular weight excluding hydrogens is 176 g/mol. The molecule has 3 heteroatoms. The van der Waals surface area contributed by atoms with Crippen molar-refractivity contribution >= 4 is 0 Å². The standard InChI is InChI=1S/C11H18N2O/c1-11(7-12,13-10-4-5-10)8-14-6-9-2-3-9/h9-10,13H,2-6,8H2,1H3. The Morgan fingerprint density at radius 3 is 2.64 bits per heavy atom. The van der Waals surface area contributed by atoms with Gasteiger partial charge in [0.05, 0.1) is 12.7 Å². The molecule has 1 unspecified atom stereocenters. The van der Waals surface area contributed by atoms with E-state index in [1.807, 2.05) is 6.92 Å². The second-order valence-electron chi connectivity index (χ2n) is 4.82. The van der Waals surface area contributed by atoms with E-state index < -0.39 is 5.54 Å². The molecule has 0 aliphatic heterocycles. The van der Waals surface area contributed by atoms with E-state index in [9.17, 15) is 0 Å². The van der Waals surface area contributed by atoms with Crippen LogP contribution in [0.2, 0.25) is 0 Å². The Balaban J connectivity index is 1.69. The van der Waals surface area contributed by atoms with E-state index in [-0.39, 0.29) is 0 Å². The number of ether oxygens (including phenoxy) is 1. The molecule has 0 radical (unpaired) electrons. The summed E-state index contributed by atoms with van der Waals surface area (Å²) in [6.07, 6.45) is 5.03.